The first-order valence-electron chi connectivity index (χ1n) is 4.96. The molecule has 0 bridgehead atoms. The van der Waals surface area contributed by atoms with Gasteiger partial charge in [-0.15, -0.1) is 12.4 Å². The average Bonchev–Trinajstić information content (AvgIpc) is 2.26. The number of hydrogen-bond acceptors (Lipinski definition) is 2. The molecule has 0 spiro atoms. The second-order valence-corrected chi connectivity index (χ2v) is 3.82. The Hall–Kier alpha value is -1.08. The van der Waals surface area contributed by atoms with Gasteiger partial charge < -0.3 is 10.5 Å². The fraction of sp³-hybridized carbons (Fsp3) is 0.455. The predicted octanol–water partition coefficient (Wildman–Crippen LogP) is 3.62. The molecule has 1 rings (SSSR count). The third-order valence-corrected chi connectivity index (χ3v) is 2.58. The van der Waals surface area contributed by atoms with Crippen LogP contribution in [0.1, 0.15) is 17.2 Å². The zero-order chi connectivity index (χ0) is 14.1. The van der Waals surface area contributed by atoms with Gasteiger partial charge in [0.15, 0.2) is 0 Å². The molecule has 110 valence electrons. The SMILES string of the molecule is COc1ccc([C@@H](N)C(F)(F)C(F)(F)F)c(C)c1.Cl. The van der Waals surface area contributed by atoms with Crippen molar-refractivity contribution >= 4 is 12.4 Å². The summed E-state index contributed by atoms with van der Waals surface area (Å²) >= 11 is 0. The van der Waals surface area contributed by atoms with Gasteiger partial charge in [-0.1, -0.05) is 6.07 Å². The van der Waals surface area contributed by atoms with E-state index in [1.165, 1.54) is 26.2 Å². The molecule has 0 aliphatic heterocycles. The van der Waals surface area contributed by atoms with Crippen LogP contribution in [0.3, 0.4) is 0 Å². The summed E-state index contributed by atoms with van der Waals surface area (Å²) in [6, 6.07) is 1.30. The standard InChI is InChI=1S/C11H12F5NO.ClH/c1-6-5-7(18-2)3-4-8(6)9(17)10(12,13)11(14,15)16;/h3-5,9H,17H2,1-2H3;1H/t9-;/m1./s1. The molecule has 2 nitrogen and oxygen atoms in total. The van der Waals surface area contributed by atoms with Gasteiger partial charge in [0.2, 0.25) is 0 Å². The first-order chi connectivity index (χ1) is 8.11. The van der Waals surface area contributed by atoms with Crippen LogP contribution in [0.4, 0.5) is 22.0 Å². The second kappa shape index (κ2) is 5.92. The van der Waals surface area contributed by atoms with E-state index in [4.69, 9.17) is 10.5 Å². The van der Waals surface area contributed by atoms with Gasteiger partial charge in [-0.3, -0.25) is 0 Å². The molecule has 0 aromatic heterocycles. The lowest BCUT2D eigenvalue weighted by Crippen LogP contribution is -2.46. The summed E-state index contributed by atoms with van der Waals surface area (Å²) in [5, 5.41) is 0. The van der Waals surface area contributed by atoms with Crippen LogP contribution in [-0.2, 0) is 0 Å². The van der Waals surface area contributed by atoms with Crippen LogP contribution < -0.4 is 10.5 Å². The van der Waals surface area contributed by atoms with Crippen molar-refractivity contribution in [3.63, 3.8) is 0 Å². The number of hydrogen-bond donors (Lipinski definition) is 1. The van der Waals surface area contributed by atoms with E-state index in [1.54, 1.807) is 0 Å². The molecule has 0 aliphatic rings. The van der Waals surface area contributed by atoms with E-state index < -0.39 is 18.1 Å². The quantitative estimate of drug-likeness (QED) is 0.866. The first kappa shape index (κ1) is 17.9. The molecule has 0 unspecified atom stereocenters. The molecular formula is C11H13ClF5NO. The highest BCUT2D eigenvalue weighted by atomic mass is 35.5. The molecule has 0 amide bonds. The van der Waals surface area contributed by atoms with Crippen LogP contribution >= 0.6 is 12.4 Å². The second-order valence-electron chi connectivity index (χ2n) is 3.82. The Morgan fingerprint density at radius 1 is 1.16 bits per heavy atom. The van der Waals surface area contributed by atoms with E-state index >= 15 is 0 Å². The number of methoxy groups -OCH3 is 1. The van der Waals surface area contributed by atoms with Crippen molar-refractivity contribution in [2.75, 3.05) is 7.11 Å². The molecule has 8 heteroatoms. The zero-order valence-electron chi connectivity index (χ0n) is 10.1. The minimum Gasteiger partial charge on any atom is -0.497 e. The molecule has 0 fully saturated rings. The van der Waals surface area contributed by atoms with Crippen LogP contribution in [0, 0.1) is 6.92 Å². The van der Waals surface area contributed by atoms with Crippen molar-refractivity contribution in [2.45, 2.75) is 25.1 Å². The Bertz CT molecular complexity index is 436. The number of halogens is 6. The lowest BCUT2D eigenvalue weighted by Gasteiger charge is -2.27. The van der Waals surface area contributed by atoms with Crippen LogP contribution in [0.25, 0.3) is 0 Å². The summed E-state index contributed by atoms with van der Waals surface area (Å²) in [5.74, 6) is -4.62. The van der Waals surface area contributed by atoms with Crippen molar-refractivity contribution in [2.24, 2.45) is 5.73 Å². The number of rotatable bonds is 3. The molecule has 1 aromatic carbocycles. The molecule has 0 saturated carbocycles. The summed E-state index contributed by atoms with van der Waals surface area (Å²) in [5.41, 5.74) is 4.99. The molecule has 2 N–H and O–H groups in total. The number of aryl methyl sites for hydroxylation is 1. The Morgan fingerprint density at radius 2 is 1.68 bits per heavy atom. The van der Waals surface area contributed by atoms with Crippen molar-refractivity contribution in [1.29, 1.82) is 0 Å². The van der Waals surface area contributed by atoms with Crippen molar-refractivity contribution in [3.05, 3.63) is 29.3 Å². The van der Waals surface area contributed by atoms with Gasteiger partial charge in [-0.05, 0) is 30.2 Å². The van der Waals surface area contributed by atoms with Gasteiger partial charge >= 0.3 is 12.1 Å². The van der Waals surface area contributed by atoms with Gasteiger partial charge in [0.1, 0.15) is 11.8 Å². The van der Waals surface area contributed by atoms with Crippen molar-refractivity contribution in [1.82, 2.24) is 0 Å². The number of nitrogens with two attached hydrogens (primary N) is 1. The summed E-state index contributed by atoms with van der Waals surface area (Å²) in [6.45, 7) is 1.39. The molecule has 0 radical (unpaired) electrons. The Balaban J connectivity index is 0.00000324. The minimum absolute atomic E-state index is 0. The smallest absolute Gasteiger partial charge is 0.455 e. The Labute approximate surface area is 113 Å². The van der Waals surface area contributed by atoms with Crippen LogP contribution in [0.15, 0.2) is 18.2 Å². The van der Waals surface area contributed by atoms with Crippen molar-refractivity contribution in [3.8, 4) is 5.75 Å². The van der Waals surface area contributed by atoms with Crippen molar-refractivity contribution < 1.29 is 26.7 Å². The van der Waals surface area contributed by atoms with Crippen LogP contribution in [-0.4, -0.2) is 19.2 Å². The average molecular weight is 306 g/mol. The highest BCUT2D eigenvalue weighted by Crippen LogP contribution is 2.44. The minimum atomic E-state index is -5.68. The monoisotopic (exact) mass is 305 g/mol. The Kier molecular flexibility index (Phi) is 5.58. The van der Waals surface area contributed by atoms with E-state index in [9.17, 15) is 22.0 Å². The summed E-state index contributed by atoms with van der Waals surface area (Å²) in [7, 11) is 1.36. The maximum absolute atomic E-state index is 13.1. The van der Waals surface area contributed by atoms with E-state index in [-0.39, 0.29) is 23.5 Å². The predicted molar refractivity (Wildman–Crippen MR) is 62.9 cm³/mol. The van der Waals surface area contributed by atoms with Gasteiger partial charge in [0.25, 0.3) is 0 Å². The van der Waals surface area contributed by atoms with E-state index in [2.05, 4.69) is 0 Å². The maximum atomic E-state index is 13.1. The number of alkyl halides is 5. The van der Waals surface area contributed by atoms with Crippen LogP contribution in [0.5, 0.6) is 5.75 Å². The lowest BCUT2D eigenvalue weighted by molar-refractivity contribution is -0.291. The van der Waals surface area contributed by atoms with Gasteiger partial charge in [-0.25, -0.2) is 0 Å². The number of ether oxygens (including phenoxy) is 1. The van der Waals surface area contributed by atoms with Gasteiger partial charge in [0, 0.05) is 0 Å². The summed E-state index contributed by atoms with van der Waals surface area (Å²) in [4.78, 5) is 0. The molecule has 1 aromatic rings. The van der Waals surface area contributed by atoms with Gasteiger partial charge in [-0.2, -0.15) is 22.0 Å². The van der Waals surface area contributed by atoms with Gasteiger partial charge in [0.05, 0.1) is 7.11 Å². The third kappa shape index (κ3) is 3.48. The largest absolute Gasteiger partial charge is 0.497 e. The lowest BCUT2D eigenvalue weighted by atomic mass is 9.96. The molecule has 1 atom stereocenters. The van der Waals surface area contributed by atoms with E-state index in [1.807, 2.05) is 0 Å². The fourth-order valence-electron chi connectivity index (χ4n) is 1.50. The molecule has 0 aliphatic carbocycles. The fourth-order valence-corrected chi connectivity index (χ4v) is 1.50. The highest BCUT2D eigenvalue weighted by molar-refractivity contribution is 5.85. The zero-order valence-corrected chi connectivity index (χ0v) is 10.9. The Morgan fingerprint density at radius 3 is 2.05 bits per heavy atom. The van der Waals surface area contributed by atoms with E-state index in [0.29, 0.717) is 5.75 Å². The van der Waals surface area contributed by atoms with Crippen LogP contribution in [0.2, 0.25) is 0 Å². The normalized spacial score (nSPS) is 13.7. The van der Waals surface area contributed by atoms with E-state index in [0.717, 1.165) is 6.07 Å². The molecule has 0 saturated heterocycles. The third-order valence-electron chi connectivity index (χ3n) is 2.58. The molecule has 0 heterocycles. The highest BCUT2D eigenvalue weighted by Gasteiger charge is 2.61. The molecule has 19 heavy (non-hydrogen) atoms. The topological polar surface area (TPSA) is 35.2 Å². The molecular weight excluding hydrogens is 293 g/mol. The maximum Gasteiger partial charge on any atom is 0.455 e. The number of benzene rings is 1. The first-order valence-corrected chi connectivity index (χ1v) is 4.96. The summed E-state index contributed by atoms with van der Waals surface area (Å²) in [6.07, 6.45) is -5.68. The summed E-state index contributed by atoms with van der Waals surface area (Å²) < 4.78 is 67.6.